The van der Waals surface area contributed by atoms with Gasteiger partial charge in [-0.1, -0.05) is 0 Å². The Morgan fingerprint density at radius 1 is 1.33 bits per heavy atom. The van der Waals surface area contributed by atoms with Gasteiger partial charge in [-0.15, -0.1) is 0 Å². The molecule has 138 valence electrons. The van der Waals surface area contributed by atoms with Crippen LogP contribution in [-0.2, 0) is 10.9 Å². The SMILES string of the molecule is COC(=O)c1c(N)c(C#N)cn1-c1cc(C(F)(F)F)ccc1-n1cccn1. The van der Waals surface area contributed by atoms with Crippen LogP contribution in [-0.4, -0.2) is 27.4 Å². The predicted molar refractivity (Wildman–Crippen MR) is 88.4 cm³/mol. The number of ether oxygens (including phenoxy) is 1. The average molecular weight is 375 g/mol. The van der Waals surface area contributed by atoms with Gasteiger partial charge in [-0.2, -0.15) is 23.5 Å². The molecule has 0 aliphatic heterocycles. The fourth-order valence-corrected chi connectivity index (χ4v) is 2.60. The first-order valence-corrected chi connectivity index (χ1v) is 7.48. The maximum atomic E-state index is 13.2. The van der Waals surface area contributed by atoms with Crippen molar-refractivity contribution >= 4 is 11.7 Å². The van der Waals surface area contributed by atoms with E-state index in [0.717, 1.165) is 23.8 Å². The minimum Gasteiger partial charge on any atom is -0.464 e. The molecule has 2 heterocycles. The highest BCUT2D eigenvalue weighted by molar-refractivity contribution is 5.96. The lowest BCUT2D eigenvalue weighted by atomic mass is 10.1. The molecule has 3 rings (SSSR count). The number of methoxy groups -OCH3 is 1. The lowest BCUT2D eigenvalue weighted by Crippen LogP contribution is -2.14. The summed E-state index contributed by atoms with van der Waals surface area (Å²) in [4.78, 5) is 12.2. The number of anilines is 1. The van der Waals surface area contributed by atoms with Gasteiger partial charge in [0.2, 0.25) is 0 Å². The summed E-state index contributed by atoms with van der Waals surface area (Å²) in [6, 6.07) is 6.36. The summed E-state index contributed by atoms with van der Waals surface area (Å²) in [7, 11) is 1.10. The standard InChI is InChI=1S/C17H12F3N5O2/c1-27-16(26)15-14(22)10(8-21)9-24(15)13-7-11(17(18,19)20)3-4-12(13)25-6-2-5-23-25/h2-7,9H,22H2,1H3. The minimum absolute atomic E-state index is 0.0397. The smallest absolute Gasteiger partial charge is 0.416 e. The molecule has 0 saturated carbocycles. The van der Waals surface area contributed by atoms with Crippen LogP contribution in [0.5, 0.6) is 0 Å². The molecule has 0 bridgehead atoms. The van der Waals surface area contributed by atoms with E-state index in [1.54, 1.807) is 12.1 Å². The van der Waals surface area contributed by atoms with Gasteiger partial charge in [-0.25, -0.2) is 9.48 Å². The summed E-state index contributed by atoms with van der Waals surface area (Å²) in [5, 5.41) is 13.2. The number of alkyl halides is 3. The van der Waals surface area contributed by atoms with Crippen molar-refractivity contribution in [3.63, 3.8) is 0 Å². The number of nitrogens with two attached hydrogens (primary N) is 1. The number of hydrogen-bond donors (Lipinski definition) is 1. The lowest BCUT2D eigenvalue weighted by Gasteiger charge is -2.16. The highest BCUT2D eigenvalue weighted by Crippen LogP contribution is 2.34. The van der Waals surface area contributed by atoms with Gasteiger partial charge < -0.3 is 15.0 Å². The summed E-state index contributed by atoms with van der Waals surface area (Å²) < 4.78 is 46.8. The molecule has 2 aromatic heterocycles. The summed E-state index contributed by atoms with van der Waals surface area (Å²) in [6.45, 7) is 0. The Balaban J connectivity index is 2.36. The molecule has 1 aromatic carbocycles. The van der Waals surface area contributed by atoms with Crippen LogP contribution in [0, 0.1) is 11.3 Å². The molecule has 2 N–H and O–H groups in total. The zero-order valence-electron chi connectivity index (χ0n) is 13.9. The van der Waals surface area contributed by atoms with Crippen LogP contribution in [0.3, 0.4) is 0 Å². The Morgan fingerprint density at radius 2 is 2.07 bits per heavy atom. The van der Waals surface area contributed by atoms with Gasteiger partial charge in [-0.05, 0) is 24.3 Å². The quantitative estimate of drug-likeness (QED) is 0.710. The van der Waals surface area contributed by atoms with Crippen molar-refractivity contribution in [1.82, 2.24) is 14.3 Å². The number of nitrogens with zero attached hydrogens (tertiary/aromatic N) is 4. The second-order valence-electron chi connectivity index (χ2n) is 5.43. The van der Waals surface area contributed by atoms with E-state index in [4.69, 9.17) is 5.73 Å². The van der Waals surface area contributed by atoms with E-state index in [9.17, 15) is 23.2 Å². The molecule has 7 nitrogen and oxygen atoms in total. The van der Waals surface area contributed by atoms with E-state index >= 15 is 0 Å². The third-order valence-electron chi connectivity index (χ3n) is 3.86. The van der Waals surface area contributed by atoms with Gasteiger partial charge >= 0.3 is 12.1 Å². The molecular weight excluding hydrogens is 363 g/mol. The van der Waals surface area contributed by atoms with Crippen LogP contribution in [0.15, 0.2) is 42.9 Å². The Kier molecular flexibility index (Phi) is 4.37. The van der Waals surface area contributed by atoms with Gasteiger partial charge in [0.15, 0.2) is 5.69 Å². The van der Waals surface area contributed by atoms with Gasteiger partial charge in [0, 0.05) is 18.6 Å². The highest BCUT2D eigenvalue weighted by Gasteiger charge is 2.32. The molecule has 0 spiro atoms. The maximum Gasteiger partial charge on any atom is 0.416 e. The zero-order chi connectivity index (χ0) is 19.8. The predicted octanol–water partition coefficient (Wildman–Crippen LogP) is 2.92. The third kappa shape index (κ3) is 3.10. The normalized spacial score (nSPS) is 11.2. The fraction of sp³-hybridized carbons (Fsp3) is 0.118. The number of hydrogen-bond acceptors (Lipinski definition) is 5. The first-order valence-electron chi connectivity index (χ1n) is 7.48. The Bertz CT molecular complexity index is 1050. The van der Waals surface area contributed by atoms with E-state index in [0.29, 0.717) is 0 Å². The van der Waals surface area contributed by atoms with Gasteiger partial charge in [-0.3, -0.25) is 0 Å². The number of benzene rings is 1. The highest BCUT2D eigenvalue weighted by atomic mass is 19.4. The molecule has 0 saturated heterocycles. The summed E-state index contributed by atoms with van der Waals surface area (Å²) in [5.74, 6) is -0.891. The molecule has 0 aliphatic carbocycles. The summed E-state index contributed by atoms with van der Waals surface area (Å²) >= 11 is 0. The molecule has 0 unspecified atom stereocenters. The second-order valence-corrected chi connectivity index (χ2v) is 5.43. The van der Waals surface area contributed by atoms with Gasteiger partial charge in [0.25, 0.3) is 0 Å². The van der Waals surface area contributed by atoms with Crippen molar-refractivity contribution in [1.29, 1.82) is 5.26 Å². The number of nitriles is 1. The monoisotopic (exact) mass is 375 g/mol. The number of esters is 1. The van der Waals surface area contributed by atoms with Crippen LogP contribution in [0.1, 0.15) is 21.6 Å². The molecule has 0 atom stereocenters. The average Bonchev–Trinajstić information content (AvgIpc) is 3.27. The third-order valence-corrected chi connectivity index (χ3v) is 3.86. The number of aromatic nitrogens is 3. The molecule has 10 heteroatoms. The van der Waals surface area contributed by atoms with Crippen molar-refractivity contribution in [3.8, 4) is 17.4 Å². The Hall–Kier alpha value is -3.74. The minimum atomic E-state index is -4.61. The number of nitrogen functional groups attached to an aromatic ring is 1. The summed E-state index contributed by atoms with van der Waals surface area (Å²) in [6.07, 6.45) is -0.445. The van der Waals surface area contributed by atoms with E-state index in [-0.39, 0.29) is 28.3 Å². The zero-order valence-corrected chi connectivity index (χ0v) is 13.9. The van der Waals surface area contributed by atoms with Crippen LogP contribution in [0.2, 0.25) is 0 Å². The molecule has 27 heavy (non-hydrogen) atoms. The van der Waals surface area contributed by atoms with E-state index in [2.05, 4.69) is 9.84 Å². The van der Waals surface area contributed by atoms with Crippen LogP contribution < -0.4 is 5.73 Å². The second kappa shape index (κ2) is 6.53. The van der Waals surface area contributed by atoms with Crippen LogP contribution in [0.4, 0.5) is 18.9 Å². The lowest BCUT2D eigenvalue weighted by molar-refractivity contribution is -0.137. The van der Waals surface area contributed by atoms with E-state index < -0.39 is 17.7 Å². The molecule has 0 radical (unpaired) electrons. The summed E-state index contributed by atoms with van der Waals surface area (Å²) in [5.41, 5.74) is 4.60. The van der Waals surface area contributed by atoms with Gasteiger partial charge in [0.05, 0.1) is 35.3 Å². The van der Waals surface area contributed by atoms with Crippen molar-refractivity contribution in [2.45, 2.75) is 6.18 Å². The first-order chi connectivity index (χ1) is 12.8. The molecule has 0 fully saturated rings. The molecule has 3 aromatic rings. The number of halogens is 3. The topological polar surface area (TPSA) is 98.9 Å². The Labute approximate surface area is 151 Å². The largest absolute Gasteiger partial charge is 0.464 e. The molecule has 0 aliphatic rings. The van der Waals surface area contributed by atoms with Crippen molar-refractivity contribution in [3.05, 3.63) is 59.7 Å². The number of carbonyl (C=O) groups is 1. The van der Waals surface area contributed by atoms with Crippen molar-refractivity contribution in [2.24, 2.45) is 0 Å². The molecular formula is C17H12F3N5O2. The molecule has 0 amide bonds. The first kappa shape index (κ1) is 18.1. The van der Waals surface area contributed by atoms with Crippen LogP contribution in [0.25, 0.3) is 11.4 Å². The van der Waals surface area contributed by atoms with Crippen molar-refractivity contribution < 1.29 is 22.7 Å². The number of carbonyl (C=O) groups excluding carboxylic acids is 1. The van der Waals surface area contributed by atoms with Crippen molar-refractivity contribution in [2.75, 3.05) is 12.8 Å². The number of rotatable bonds is 3. The Morgan fingerprint density at radius 3 is 2.63 bits per heavy atom. The van der Waals surface area contributed by atoms with Crippen LogP contribution >= 0.6 is 0 Å². The fourth-order valence-electron chi connectivity index (χ4n) is 2.60. The van der Waals surface area contributed by atoms with Gasteiger partial charge in [0.1, 0.15) is 6.07 Å². The van der Waals surface area contributed by atoms with E-state index in [1.807, 2.05) is 0 Å². The van der Waals surface area contributed by atoms with E-state index in [1.165, 1.54) is 29.3 Å². The maximum absolute atomic E-state index is 13.2.